The molecule has 1 amide bonds. The number of nitrogens with zero attached hydrogens (tertiary/aromatic N) is 1. The Labute approximate surface area is 165 Å². The SMILES string of the molecule is O=C(Cc1csc(Nc2cccc(C(F)(F)F)c2)n1)NCCC1=CCCCC1. The average molecular weight is 409 g/mol. The third-order valence-electron chi connectivity index (χ3n) is 4.49. The van der Waals surface area contributed by atoms with Gasteiger partial charge in [-0.25, -0.2) is 4.98 Å². The van der Waals surface area contributed by atoms with Gasteiger partial charge in [-0.15, -0.1) is 11.3 Å². The first-order valence-corrected chi connectivity index (χ1v) is 10.1. The maximum absolute atomic E-state index is 12.8. The molecule has 2 N–H and O–H groups in total. The van der Waals surface area contributed by atoms with Crippen LogP contribution in [0, 0.1) is 0 Å². The Morgan fingerprint density at radius 3 is 2.86 bits per heavy atom. The van der Waals surface area contributed by atoms with Gasteiger partial charge in [-0.2, -0.15) is 13.2 Å². The number of rotatable bonds is 7. The first-order chi connectivity index (χ1) is 13.4. The Kier molecular flexibility index (Phi) is 6.72. The van der Waals surface area contributed by atoms with Crippen molar-refractivity contribution in [2.75, 3.05) is 11.9 Å². The van der Waals surface area contributed by atoms with Gasteiger partial charge in [-0.05, 0) is 50.3 Å². The van der Waals surface area contributed by atoms with E-state index in [1.54, 1.807) is 11.4 Å². The summed E-state index contributed by atoms with van der Waals surface area (Å²) in [5, 5.41) is 7.95. The largest absolute Gasteiger partial charge is 0.416 e. The van der Waals surface area contributed by atoms with Gasteiger partial charge in [0.15, 0.2) is 5.13 Å². The molecule has 0 spiro atoms. The minimum Gasteiger partial charge on any atom is -0.355 e. The van der Waals surface area contributed by atoms with E-state index in [-0.39, 0.29) is 12.3 Å². The summed E-state index contributed by atoms with van der Waals surface area (Å²) >= 11 is 1.25. The molecule has 0 saturated heterocycles. The molecule has 1 aromatic heterocycles. The van der Waals surface area contributed by atoms with Gasteiger partial charge >= 0.3 is 6.18 Å². The predicted octanol–water partition coefficient (Wildman–Crippen LogP) is 5.45. The minimum absolute atomic E-state index is 0.104. The summed E-state index contributed by atoms with van der Waals surface area (Å²) in [6, 6.07) is 4.94. The lowest BCUT2D eigenvalue weighted by molar-refractivity contribution is -0.137. The molecule has 0 atom stereocenters. The van der Waals surface area contributed by atoms with Crippen LogP contribution in [0.2, 0.25) is 0 Å². The summed E-state index contributed by atoms with van der Waals surface area (Å²) in [7, 11) is 0. The lowest BCUT2D eigenvalue weighted by Crippen LogP contribution is -2.26. The van der Waals surface area contributed by atoms with E-state index in [2.05, 4.69) is 21.7 Å². The molecule has 0 saturated carbocycles. The fourth-order valence-corrected chi connectivity index (χ4v) is 3.79. The van der Waals surface area contributed by atoms with Crippen LogP contribution in [0.1, 0.15) is 43.4 Å². The zero-order chi connectivity index (χ0) is 20.0. The van der Waals surface area contributed by atoms with Gasteiger partial charge in [-0.3, -0.25) is 4.79 Å². The molecule has 150 valence electrons. The molecule has 0 fully saturated rings. The highest BCUT2D eigenvalue weighted by molar-refractivity contribution is 7.13. The van der Waals surface area contributed by atoms with Crippen LogP contribution in [0.5, 0.6) is 0 Å². The molecule has 0 radical (unpaired) electrons. The molecule has 0 unspecified atom stereocenters. The van der Waals surface area contributed by atoms with Gasteiger partial charge in [-0.1, -0.05) is 17.7 Å². The lowest BCUT2D eigenvalue weighted by Gasteiger charge is -2.12. The van der Waals surface area contributed by atoms with Crippen molar-refractivity contribution in [2.45, 2.75) is 44.7 Å². The van der Waals surface area contributed by atoms with Crippen LogP contribution >= 0.6 is 11.3 Å². The maximum Gasteiger partial charge on any atom is 0.416 e. The molecule has 1 aliphatic rings. The number of thiazole rings is 1. The molecule has 28 heavy (non-hydrogen) atoms. The van der Waals surface area contributed by atoms with E-state index in [1.165, 1.54) is 35.8 Å². The highest BCUT2D eigenvalue weighted by Gasteiger charge is 2.30. The van der Waals surface area contributed by atoms with Crippen molar-refractivity contribution in [2.24, 2.45) is 0 Å². The van der Waals surface area contributed by atoms with Crippen LogP contribution in [0.3, 0.4) is 0 Å². The van der Waals surface area contributed by atoms with E-state index >= 15 is 0 Å². The monoisotopic (exact) mass is 409 g/mol. The number of benzene rings is 1. The van der Waals surface area contributed by atoms with Gasteiger partial charge in [0.2, 0.25) is 5.91 Å². The van der Waals surface area contributed by atoms with Crippen LogP contribution in [0.25, 0.3) is 0 Å². The number of carbonyl (C=O) groups excluding carboxylic acids is 1. The summed E-state index contributed by atoms with van der Waals surface area (Å²) in [4.78, 5) is 16.4. The quantitative estimate of drug-likeness (QED) is 0.598. The molecule has 1 aliphatic carbocycles. The third kappa shape index (κ3) is 6.09. The molecule has 8 heteroatoms. The van der Waals surface area contributed by atoms with Gasteiger partial charge < -0.3 is 10.6 Å². The van der Waals surface area contributed by atoms with Crippen LogP contribution in [-0.2, 0) is 17.4 Å². The Morgan fingerprint density at radius 1 is 1.25 bits per heavy atom. The van der Waals surface area contributed by atoms with E-state index in [9.17, 15) is 18.0 Å². The fraction of sp³-hybridized carbons (Fsp3) is 0.400. The molecule has 0 bridgehead atoms. The number of amides is 1. The van der Waals surface area contributed by atoms with Crippen LogP contribution < -0.4 is 10.6 Å². The molecule has 1 aromatic carbocycles. The van der Waals surface area contributed by atoms with Gasteiger partial charge in [0.25, 0.3) is 0 Å². The van der Waals surface area contributed by atoms with Crippen molar-refractivity contribution in [3.63, 3.8) is 0 Å². The second kappa shape index (κ2) is 9.23. The zero-order valence-corrected chi connectivity index (χ0v) is 16.1. The Hall–Kier alpha value is -2.35. The van der Waals surface area contributed by atoms with Crippen molar-refractivity contribution in [1.82, 2.24) is 10.3 Å². The highest BCUT2D eigenvalue weighted by Crippen LogP contribution is 2.31. The van der Waals surface area contributed by atoms with E-state index in [0.717, 1.165) is 31.4 Å². The van der Waals surface area contributed by atoms with Crippen LogP contribution in [0.15, 0.2) is 41.3 Å². The number of nitrogens with one attached hydrogen (secondary N) is 2. The fourth-order valence-electron chi connectivity index (χ4n) is 3.06. The average Bonchev–Trinajstić information content (AvgIpc) is 3.09. The molecular formula is C20H22F3N3OS. The first-order valence-electron chi connectivity index (χ1n) is 9.23. The van der Waals surface area contributed by atoms with Crippen LogP contribution in [-0.4, -0.2) is 17.4 Å². The maximum atomic E-state index is 12.8. The summed E-state index contributed by atoms with van der Waals surface area (Å²) in [6.07, 6.45) is 3.62. The summed E-state index contributed by atoms with van der Waals surface area (Å²) in [6.45, 7) is 0.615. The van der Waals surface area contributed by atoms with Crippen molar-refractivity contribution in [3.8, 4) is 0 Å². The first kappa shape index (κ1) is 20.4. The van der Waals surface area contributed by atoms with E-state index in [0.29, 0.717) is 23.1 Å². The Balaban J connectivity index is 1.48. The standard InChI is InChI=1S/C20H22F3N3OS/c21-20(22,23)15-7-4-8-16(11-15)25-19-26-17(13-28-19)12-18(27)24-10-9-14-5-2-1-3-6-14/h4-5,7-8,11,13H,1-3,6,9-10,12H2,(H,24,27)(H,25,26). The Morgan fingerprint density at radius 2 is 2.11 bits per heavy atom. The van der Waals surface area contributed by atoms with Crippen molar-refractivity contribution in [1.29, 1.82) is 0 Å². The van der Waals surface area contributed by atoms with Gasteiger partial charge in [0.1, 0.15) is 0 Å². The van der Waals surface area contributed by atoms with E-state index in [4.69, 9.17) is 0 Å². The predicted molar refractivity (Wildman–Crippen MR) is 105 cm³/mol. The Bertz CT molecular complexity index is 845. The number of aromatic nitrogens is 1. The summed E-state index contributed by atoms with van der Waals surface area (Å²) < 4.78 is 38.4. The number of carbonyl (C=O) groups is 1. The molecule has 3 rings (SSSR count). The van der Waals surface area contributed by atoms with E-state index < -0.39 is 11.7 Å². The number of hydrogen-bond donors (Lipinski definition) is 2. The smallest absolute Gasteiger partial charge is 0.355 e. The lowest BCUT2D eigenvalue weighted by atomic mass is 9.97. The molecule has 1 heterocycles. The number of allylic oxidation sites excluding steroid dienone is 1. The number of anilines is 2. The van der Waals surface area contributed by atoms with Gasteiger partial charge in [0, 0.05) is 17.6 Å². The van der Waals surface area contributed by atoms with E-state index in [1.807, 2.05) is 0 Å². The zero-order valence-electron chi connectivity index (χ0n) is 15.3. The third-order valence-corrected chi connectivity index (χ3v) is 5.29. The number of alkyl halides is 3. The van der Waals surface area contributed by atoms with Crippen molar-refractivity contribution < 1.29 is 18.0 Å². The van der Waals surface area contributed by atoms with Crippen molar-refractivity contribution >= 4 is 28.1 Å². The minimum atomic E-state index is -4.39. The highest BCUT2D eigenvalue weighted by atomic mass is 32.1. The normalized spacial score (nSPS) is 14.5. The van der Waals surface area contributed by atoms with Crippen molar-refractivity contribution in [3.05, 3.63) is 52.6 Å². The molecule has 2 aromatic rings. The second-order valence-electron chi connectivity index (χ2n) is 6.73. The molecular weight excluding hydrogens is 387 g/mol. The summed E-state index contributed by atoms with van der Waals surface area (Å²) in [5.41, 5.74) is 1.59. The topological polar surface area (TPSA) is 54.0 Å². The molecule has 4 nitrogen and oxygen atoms in total. The number of halogens is 3. The molecule has 0 aliphatic heterocycles. The van der Waals surface area contributed by atoms with Gasteiger partial charge in [0.05, 0.1) is 17.7 Å². The number of hydrogen-bond acceptors (Lipinski definition) is 4. The second-order valence-corrected chi connectivity index (χ2v) is 7.59. The summed E-state index contributed by atoms with van der Waals surface area (Å²) in [5.74, 6) is -0.104. The van der Waals surface area contributed by atoms with Crippen LogP contribution in [0.4, 0.5) is 24.0 Å².